The summed E-state index contributed by atoms with van der Waals surface area (Å²) in [4.78, 5) is 8.92. The molecule has 10 nitrogen and oxygen atoms in total. The molecule has 0 aliphatic rings. The highest BCUT2D eigenvalue weighted by molar-refractivity contribution is 5.76. The lowest BCUT2D eigenvalue weighted by Crippen LogP contribution is -2.29. The molecule has 4 aromatic rings. The van der Waals surface area contributed by atoms with Gasteiger partial charge in [0.25, 0.3) is 0 Å². The fourth-order valence-electron chi connectivity index (χ4n) is 3.65. The Balaban J connectivity index is 0.988. The Bertz CT molecular complexity index is 1180. The van der Waals surface area contributed by atoms with Crippen LogP contribution in [0.5, 0.6) is 0 Å². The zero-order chi connectivity index (χ0) is 26.4. The molecule has 198 valence electrons. The van der Waals surface area contributed by atoms with E-state index in [0.29, 0.717) is 0 Å². The van der Waals surface area contributed by atoms with Crippen molar-refractivity contribution in [3.05, 3.63) is 83.4 Å². The van der Waals surface area contributed by atoms with Crippen LogP contribution in [0.4, 0.5) is 0 Å². The topological polar surface area (TPSA) is 110 Å². The van der Waals surface area contributed by atoms with Gasteiger partial charge in [0.05, 0.1) is 36.2 Å². The molecule has 2 heterocycles. The highest BCUT2D eigenvalue weighted by atomic mass is 15.4. The highest BCUT2D eigenvalue weighted by Gasteiger charge is 2.01. The van der Waals surface area contributed by atoms with Crippen molar-refractivity contribution in [1.29, 1.82) is 0 Å². The molecule has 38 heavy (non-hydrogen) atoms. The molecule has 0 atom stereocenters. The number of nitrogens with zero attached hydrogens (tertiary/aromatic N) is 8. The van der Waals surface area contributed by atoms with Gasteiger partial charge in [-0.3, -0.25) is 9.98 Å². The number of rotatable bonds is 15. The minimum absolute atomic E-state index is 0.759. The molecular formula is C28H36N10. The molecule has 0 unspecified atom stereocenters. The molecule has 0 aliphatic carbocycles. The number of aromatic nitrogens is 6. The van der Waals surface area contributed by atoms with Gasteiger partial charge < -0.3 is 10.6 Å². The molecule has 0 spiro atoms. The molecule has 0 bridgehead atoms. The molecule has 10 heteroatoms. The van der Waals surface area contributed by atoms with Gasteiger partial charge in [0.15, 0.2) is 0 Å². The fourth-order valence-corrected chi connectivity index (χ4v) is 3.65. The van der Waals surface area contributed by atoms with E-state index in [1.54, 1.807) is 21.8 Å². The van der Waals surface area contributed by atoms with Gasteiger partial charge in [-0.25, -0.2) is 9.36 Å². The first-order chi connectivity index (χ1) is 18.7. The molecule has 0 saturated carbocycles. The number of benzene rings is 2. The summed E-state index contributed by atoms with van der Waals surface area (Å²) in [5.74, 6) is 0. The van der Waals surface area contributed by atoms with E-state index in [9.17, 15) is 0 Å². The average Bonchev–Trinajstić information content (AvgIpc) is 3.60. The Hall–Kier alpha value is -4.02. The molecule has 0 fully saturated rings. The molecule has 2 aromatic heterocycles. The molecule has 2 aromatic carbocycles. The van der Waals surface area contributed by atoms with E-state index in [1.165, 1.54) is 11.1 Å². The van der Waals surface area contributed by atoms with Gasteiger partial charge in [-0.1, -0.05) is 45.8 Å². The number of hydrogen-bond donors (Lipinski definition) is 2. The number of hydrogen-bond acceptors (Lipinski definition) is 8. The number of aliphatic imine (C=N–C) groups is 2. The Morgan fingerprint density at radius 1 is 0.632 bits per heavy atom. The van der Waals surface area contributed by atoms with Gasteiger partial charge in [-0.05, 0) is 64.0 Å². The summed E-state index contributed by atoms with van der Waals surface area (Å²) in [6.07, 6.45) is 9.31. The quantitative estimate of drug-likeness (QED) is 0.187. The zero-order valence-electron chi connectivity index (χ0n) is 22.2. The summed E-state index contributed by atoms with van der Waals surface area (Å²) in [7, 11) is 0. The first kappa shape index (κ1) is 27.0. The summed E-state index contributed by atoms with van der Waals surface area (Å²) in [6.45, 7) is 9.38. The van der Waals surface area contributed by atoms with Crippen molar-refractivity contribution in [2.75, 3.05) is 39.3 Å². The average molecular weight is 513 g/mol. The second kappa shape index (κ2) is 14.7. The van der Waals surface area contributed by atoms with E-state index in [0.717, 1.165) is 74.9 Å². The van der Waals surface area contributed by atoms with Crippen molar-refractivity contribution in [3.8, 4) is 11.4 Å². The van der Waals surface area contributed by atoms with Crippen LogP contribution in [0.15, 0.2) is 70.9 Å². The summed E-state index contributed by atoms with van der Waals surface area (Å²) in [5, 5.41) is 23.5. The van der Waals surface area contributed by atoms with Gasteiger partial charge in [0.1, 0.15) is 11.4 Å². The second-order valence-corrected chi connectivity index (χ2v) is 9.12. The Morgan fingerprint density at radius 3 is 1.47 bits per heavy atom. The summed E-state index contributed by atoms with van der Waals surface area (Å²) < 4.78 is 3.53. The van der Waals surface area contributed by atoms with Gasteiger partial charge in [-0.2, -0.15) is 0 Å². The predicted octanol–water partition coefficient (Wildman–Crippen LogP) is 2.96. The van der Waals surface area contributed by atoms with Crippen LogP contribution in [0.2, 0.25) is 0 Å². The largest absolute Gasteiger partial charge is 0.315 e. The van der Waals surface area contributed by atoms with Gasteiger partial charge in [0, 0.05) is 26.2 Å². The van der Waals surface area contributed by atoms with Crippen molar-refractivity contribution < 1.29 is 0 Å². The van der Waals surface area contributed by atoms with E-state index in [-0.39, 0.29) is 0 Å². The standard InChI is InChI=1S/C28H36N10/c1-23-5-9-27(10-6-23)37-21-25(33-35-37)19-31-15-3-13-29-17-18-30-14-4-16-32-20-26-22-38(36-34-26)28-11-7-24(2)8-12-28/h5-12,19-22,29-30H,3-4,13-18H2,1-2H3. The zero-order valence-corrected chi connectivity index (χ0v) is 22.2. The molecule has 0 saturated heterocycles. The first-order valence-electron chi connectivity index (χ1n) is 13.1. The van der Waals surface area contributed by atoms with Crippen molar-refractivity contribution in [1.82, 2.24) is 40.6 Å². The van der Waals surface area contributed by atoms with Crippen LogP contribution >= 0.6 is 0 Å². The van der Waals surface area contributed by atoms with E-state index >= 15 is 0 Å². The van der Waals surface area contributed by atoms with Gasteiger partial charge in [-0.15, -0.1) is 10.2 Å². The van der Waals surface area contributed by atoms with Crippen LogP contribution in [0.1, 0.15) is 35.4 Å². The lowest BCUT2D eigenvalue weighted by Gasteiger charge is -2.05. The summed E-state index contributed by atoms with van der Waals surface area (Å²) >= 11 is 0. The lowest BCUT2D eigenvalue weighted by atomic mass is 10.2. The van der Waals surface area contributed by atoms with Crippen LogP contribution < -0.4 is 10.6 Å². The molecule has 0 aliphatic heterocycles. The molecule has 2 N–H and O–H groups in total. The van der Waals surface area contributed by atoms with Crippen LogP contribution in [-0.2, 0) is 0 Å². The molecule has 0 radical (unpaired) electrons. The maximum atomic E-state index is 4.46. The third kappa shape index (κ3) is 8.82. The fraction of sp³-hybridized carbons (Fsp3) is 0.357. The Kier molecular flexibility index (Phi) is 10.4. The third-order valence-corrected chi connectivity index (χ3v) is 5.83. The predicted molar refractivity (Wildman–Crippen MR) is 152 cm³/mol. The van der Waals surface area contributed by atoms with Crippen molar-refractivity contribution >= 4 is 12.4 Å². The lowest BCUT2D eigenvalue weighted by molar-refractivity contribution is 0.591. The maximum Gasteiger partial charge on any atom is 0.124 e. The maximum absolute atomic E-state index is 4.46. The minimum Gasteiger partial charge on any atom is -0.315 e. The molecule has 0 amide bonds. The van der Waals surface area contributed by atoms with E-state index < -0.39 is 0 Å². The number of aryl methyl sites for hydroxylation is 2. The third-order valence-electron chi connectivity index (χ3n) is 5.83. The van der Waals surface area contributed by atoms with Crippen molar-refractivity contribution in [2.45, 2.75) is 26.7 Å². The second-order valence-electron chi connectivity index (χ2n) is 9.12. The summed E-state index contributed by atoms with van der Waals surface area (Å²) in [5.41, 5.74) is 5.96. The van der Waals surface area contributed by atoms with Crippen molar-refractivity contribution in [3.63, 3.8) is 0 Å². The van der Waals surface area contributed by atoms with Crippen LogP contribution in [-0.4, -0.2) is 81.7 Å². The van der Waals surface area contributed by atoms with Crippen LogP contribution in [0.25, 0.3) is 11.4 Å². The SMILES string of the molecule is Cc1ccc(-n2cc(C=NCCCNCCNCCCN=Cc3cn(-c4ccc(C)cc4)nn3)nn2)cc1. The Morgan fingerprint density at radius 2 is 1.05 bits per heavy atom. The first-order valence-corrected chi connectivity index (χ1v) is 13.1. The van der Waals surface area contributed by atoms with Crippen LogP contribution in [0.3, 0.4) is 0 Å². The van der Waals surface area contributed by atoms with E-state index in [4.69, 9.17) is 0 Å². The number of nitrogens with one attached hydrogen (secondary N) is 2. The van der Waals surface area contributed by atoms with Gasteiger partial charge >= 0.3 is 0 Å². The Labute approximate surface area is 223 Å². The highest BCUT2D eigenvalue weighted by Crippen LogP contribution is 2.09. The van der Waals surface area contributed by atoms with Crippen molar-refractivity contribution in [2.24, 2.45) is 9.98 Å². The monoisotopic (exact) mass is 512 g/mol. The molecular weight excluding hydrogens is 476 g/mol. The van der Waals surface area contributed by atoms with Crippen LogP contribution in [0, 0.1) is 13.8 Å². The normalized spacial score (nSPS) is 11.7. The van der Waals surface area contributed by atoms with E-state index in [2.05, 4.69) is 79.4 Å². The van der Waals surface area contributed by atoms with Gasteiger partial charge in [0.2, 0.25) is 0 Å². The smallest absolute Gasteiger partial charge is 0.124 e. The minimum atomic E-state index is 0.759. The molecule has 4 rings (SSSR count). The van der Waals surface area contributed by atoms with E-state index in [1.807, 2.05) is 36.7 Å². The summed E-state index contributed by atoms with van der Waals surface area (Å²) in [6, 6.07) is 16.4.